The van der Waals surface area contributed by atoms with Gasteiger partial charge in [0.15, 0.2) is 0 Å². The SMILES string of the molecule is O=[C]N(c1ccc2cc[nH]c2c1)S(=O)(=O)Nc1ccncc1. The zero-order valence-corrected chi connectivity index (χ0v) is 12.0. The highest BCUT2D eigenvalue weighted by atomic mass is 32.2. The molecule has 1 radical (unpaired) electrons. The van der Waals surface area contributed by atoms with Crippen molar-refractivity contribution in [3.63, 3.8) is 0 Å². The molecule has 0 atom stereocenters. The summed E-state index contributed by atoms with van der Waals surface area (Å²) >= 11 is 0. The van der Waals surface area contributed by atoms with E-state index in [0.717, 1.165) is 10.9 Å². The summed E-state index contributed by atoms with van der Waals surface area (Å²) < 4.78 is 27.5. The first-order valence-corrected chi connectivity index (χ1v) is 7.72. The Balaban J connectivity index is 1.97. The summed E-state index contributed by atoms with van der Waals surface area (Å²) in [7, 11) is -4.11. The van der Waals surface area contributed by atoms with E-state index in [-0.39, 0.29) is 5.69 Å². The van der Waals surface area contributed by atoms with Gasteiger partial charge in [0, 0.05) is 24.1 Å². The minimum atomic E-state index is -4.11. The van der Waals surface area contributed by atoms with Crippen LogP contribution in [0.2, 0.25) is 0 Å². The summed E-state index contributed by atoms with van der Waals surface area (Å²) in [6, 6.07) is 9.62. The number of rotatable bonds is 5. The van der Waals surface area contributed by atoms with Crippen LogP contribution in [0.5, 0.6) is 0 Å². The van der Waals surface area contributed by atoms with Crippen LogP contribution in [0, 0.1) is 0 Å². The molecule has 0 saturated carbocycles. The van der Waals surface area contributed by atoms with Crippen LogP contribution in [0.4, 0.5) is 11.4 Å². The molecule has 0 unspecified atom stereocenters. The Morgan fingerprint density at radius 2 is 1.91 bits per heavy atom. The molecule has 8 heteroatoms. The maximum atomic E-state index is 12.3. The summed E-state index contributed by atoms with van der Waals surface area (Å²) in [5, 5.41) is 0.911. The molecule has 0 bridgehead atoms. The van der Waals surface area contributed by atoms with E-state index < -0.39 is 10.2 Å². The summed E-state index contributed by atoms with van der Waals surface area (Å²) in [5.41, 5.74) is 1.21. The molecule has 3 rings (SSSR count). The van der Waals surface area contributed by atoms with Gasteiger partial charge in [0.25, 0.3) is 0 Å². The minimum absolute atomic E-state index is 0.187. The van der Waals surface area contributed by atoms with Crippen molar-refractivity contribution >= 4 is 38.9 Å². The van der Waals surface area contributed by atoms with Crippen LogP contribution in [0.3, 0.4) is 0 Å². The van der Waals surface area contributed by atoms with Crippen LogP contribution >= 0.6 is 0 Å². The van der Waals surface area contributed by atoms with E-state index in [1.165, 1.54) is 37.0 Å². The molecule has 0 aliphatic carbocycles. The number of aromatic nitrogens is 2. The third kappa shape index (κ3) is 2.63. The monoisotopic (exact) mass is 315 g/mol. The average molecular weight is 315 g/mol. The van der Waals surface area contributed by atoms with Gasteiger partial charge in [-0.25, -0.2) is 0 Å². The predicted molar refractivity (Wildman–Crippen MR) is 83.3 cm³/mol. The molecule has 3 aromatic rings. The van der Waals surface area contributed by atoms with E-state index in [1.54, 1.807) is 18.3 Å². The number of nitrogens with zero attached hydrogens (tertiary/aromatic N) is 2. The number of hydrogen-bond donors (Lipinski definition) is 2. The third-order valence-corrected chi connectivity index (χ3v) is 4.28. The van der Waals surface area contributed by atoms with E-state index in [2.05, 4.69) is 14.7 Å². The molecule has 2 N–H and O–H groups in total. The summed E-state index contributed by atoms with van der Waals surface area (Å²) in [5.74, 6) is 0. The highest BCUT2D eigenvalue weighted by Crippen LogP contribution is 2.23. The third-order valence-electron chi connectivity index (χ3n) is 3.02. The molecular weight excluding hydrogens is 304 g/mol. The van der Waals surface area contributed by atoms with Gasteiger partial charge in [-0.2, -0.15) is 12.7 Å². The summed E-state index contributed by atoms with van der Waals surface area (Å²) in [4.78, 5) is 17.9. The van der Waals surface area contributed by atoms with Crippen molar-refractivity contribution in [2.75, 3.05) is 9.03 Å². The average Bonchev–Trinajstić information content (AvgIpc) is 2.96. The number of fused-ring (bicyclic) bond motifs is 1. The number of benzene rings is 1. The Morgan fingerprint density at radius 3 is 2.64 bits per heavy atom. The first-order chi connectivity index (χ1) is 10.6. The molecule has 2 heterocycles. The molecule has 22 heavy (non-hydrogen) atoms. The van der Waals surface area contributed by atoms with Gasteiger partial charge in [-0.1, -0.05) is 6.07 Å². The molecule has 0 saturated heterocycles. The maximum absolute atomic E-state index is 12.3. The number of aromatic amines is 1. The fourth-order valence-corrected chi connectivity index (χ4v) is 3.03. The van der Waals surface area contributed by atoms with Crippen molar-refractivity contribution in [3.8, 4) is 0 Å². The van der Waals surface area contributed by atoms with Crippen LogP contribution in [0.15, 0.2) is 55.0 Å². The lowest BCUT2D eigenvalue weighted by Gasteiger charge is -2.17. The van der Waals surface area contributed by atoms with E-state index in [0.29, 0.717) is 9.99 Å². The Labute approximate surface area is 126 Å². The molecule has 1 amide bonds. The van der Waals surface area contributed by atoms with Crippen LogP contribution in [0.25, 0.3) is 10.9 Å². The number of amides is 1. The van der Waals surface area contributed by atoms with Crippen molar-refractivity contribution in [3.05, 3.63) is 55.0 Å². The first kappa shape index (κ1) is 14.1. The van der Waals surface area contributed by atoms with Gasteiger partial charge >= 0.3 is 16.6 Å². The van der Waals surface area contributed by atoms with Gasteiger partial charge in [-0.3, -0.25) is 14.5 Å². The zero-order valence-electron chi connectivity index (χ0n) is 11.2. The Morgan fingerprint density at radius 1 is 1.14 bits per heavy atom. The molecule has 0 aliphatic heterocycles. The lowest BCUT2D eigenvalue weighted by atomic mass is 10.2. The van der Waals surface area contributed by atoms with Crippen molar-refractivity contribution in [2.24, 2.45) is 0 Å². The normalized spacial score (nSPS) is 11.3. The molecule has 7 nitrogen and oxygen atoms in total. The Bertz CT molecular complexity index is 906. The quantitative estimate of drug-likeness (QED) is 0.702. The molecule has 2 aromatic heterocycles. The topological polar surface area (TPSA) is 95.2 Å². The lowest BCUT2D eigenvalue weighted by Crippen LogP contribution is -2.34. The van der Waals surface area contributed by atoms with Crippen LogP contribution in [-0.2, 0) is 15.0 Å². The van der Waals surface area contributed by atoms with Gasteiger partial charge in [0.1, 0.15) is 0 Å². The van der Waals surface area contributed by atoms with Gasteiger partial charge in [-0.15, -0.1) is 0 Å². The highest BCUT2D eigenvalue weighted by Gasteiger charge is 2.23. The molecule has 1 aromatic carbocycles. The van der Waals surface area contributed by atoms with Gasteiger partial charge < -0.3 is 4.98 Å². The first-order valence-electron chi connectivity index (χ1n) is 6.28. The second-order valence-electron chi connectivity index (χ2n) is 4.45. The van der Waals surface area contributed by atoms with Crippen molar-refractivity contribution < 1.29 is 13.2 Å². The maximum Gasteiger partial charge on any atom is 0.333 e. The fourth-order valence-electron chi connectivity index (χ4n) is 2.02. The van der Waals surface area contributed by atoms with Crippen molar-refractivity contribution in [2.45, 2.75) is 0 Å². The largest absolute Gasteiger partial charge is 0.361 e. The number of carbonyl (C=O) groups excluding carboxylic acids is 1. The Kier molecular flexibility index (Phi) is 3.51. The van der Waals surface area contributed by atoms with E-state index >= 15 is 0 Å². The fraction of sp³-hybridized carbons (Fsp3) is 0. The van der Waals surface area contributed by atoms with Crippen molar-refractivity contribution in [1.29, 1.82) is 0 Å². The summed E-state index contributed by atoms with van der Waals surface area (Å²) in [6.07, 6.45) is 6.05. The number of anilines is 2. The van der Waals surface area contributed by atoms with Crippen LogP contribution in [0.1, 0.15) is 0 Å². The van der Waals surface area contributed by atoms with E-state index in [1.807, 2.05) is 6.07 Å². The minimum Gasteiger partial charge on any atom is -0.361 e. The number of hydrogen-bond acceptors (Lipinski definition) is 4. The van der Waals surface area contributed by atoms with Gasteiger partial charge in [0.05, 0.1) is 11.4 Å². The smallest absolute Gasteiger partial charge is 0.333 e. The molecular formula is C14H11N4O3S. The zero-order chi connectivity index (χ0) is 15.6. The van der Waals surface area contributed by atoms with E-state index in [9.17, 15) is 13.2 Å². The van der Waals surface area contributed by atoms with E-state index in [4.69, 9.17) is 0 Å². The molecule has 0 spiro atoms. The molecule has 111 valence electrons. The van der Waals surface area contributed by atoms with Crippen molar-refractivity contribution in [1.82, 2.24) is 9.97 Å². The second-order valence-corrected chi connectivity index (χ2v) is 5.97. The highest BCUT2D eigenvalue weighted by molar-refractivity contribution is 7.94. The molecule has 0 fully saturated rings. The van der Waals surface area contributed by atoms with Gasteiger partial charge in [-0.05, 0) is 35.7 Å². The number of nitrogens with one attached hydrogen (secondary N) is 2. The summed E-state index contributed by atoms with van der Waals surface area (Å²) in [6.45, 7) is 0. The van der Waals surface area contributed by atoms with Gasteiger partial charge in [0.2, 0.25) is 0 Å². The number of H-pyrrole nitrogens is 1. The van der Waals surface area contributed by atoms with Crippen LogP contribution < -0.4 is 9.03 Å². The Hall–Kier alpha value is -2.87. The lowest BCUT2D eigenvalue weighted by molar-refractivity contribution is 0.554. The number of pyridine rings is 1. The predicted octanol–water partition coefficient (Wildman–Crippen LogP) is 1.79. The second kappa shape index (κ2) is 5.49. The molecule has 0 aliphatic rings. The standard InChI is InChI=1S/C14H11N4O3S/c19-10-18(13-2-1-11-3-8-16-14(11)9-13)22(20,21)17-12-4-6-15-7-5-12/h1-9,16H,(H,15,17). The van der Waals surface area contributed by atoms with Crippen LogP contribution in [-0.4, -0.2) is 24.8 Å².